The summed E-state index contributed by atoms with van der Waals surface area (Å²) in [5.41, 5.74) is 4.82. The highest BCUT2D eigenvalue weighted by Crippen LogP contribution is 2.25. The fourth-order valence-electron chi connectivity index (χ4n) is 2.27. The number of carbonyl (C=O) groups excluding carboxylic acids is 2. The lowest BCUT2D eigenvalue weighted by molar-refractivity contribution is -0.124. The van der Waals surface area contributed by atoms with E-state index in [1.54, 1.807) is 22.9 Å². The average Bonchev–Trinajstić information content (AvgIpc) is 3.28. The summed E-state index contributed by atoms with van der Waals surface area (Å²) < 4.78 is 0. The number of benzene rings is 1. The molecule has 0 radical (unpaired) electrons. The van der Waals surface area contributed by atoms with Gasteiger partial charge in [-0.15, -0.1) is 0 Å². The summed E-state index contributed by atoms with van der Waals surface area (Å²) >= 11 is 1.56. The zero-order chi connectivity index (χ0) is 17.6. The molecule has 0 aliphatic heterocycles. The van der Waals surface area contributed by atoms with E-state index < -0.39 is 5.91 Å². The standard InChI is InChI=1S/C19H18N2O3S/c22-18(21-24)8-5-13-1-3-14(4-2-13)11-17(15-9-10-25-12-15)19(23)20-16-6-7-16/h1-5,8-12,16,24H,6-7H2,(H,20,23)(H,21,22)/b8-5+,17-11?. The number of amides is 2. The van der Waals surface area contributed by atoms with E-state index >= 15 is 0 Å². The second-order valence-electron chi connectivity index (χ2n) is 5.79. The van der Waals surface area contributed by atoms with Gasteiger partial charge in [0.2, 0.25) is 0 Å². The van der Waals surface area contributed by atoms with E-state index in [0.717, 1.165) is 29.5 Å². The fraction of sp³-hybridized carbons (Fsp3) is 0.158. The fourth-order valence-corrected chi connectivity index (χ4v) is 2.92. The van der Waals surface area contributed by atoms with Gasteiger partial charge in [-0.1, -0.05) is 24.3 Å². The van der Waals surface area contributed by atoms with E-state index in [0.29, 0.717) is 11.6 Å². The minimum absolute atomic E-state index is 0.0514. The maximum Gasteiger partial charge on any atom is 0.267 e. The molecule has 128 valence electrons. The van der Waals surface area contributed by atoms with Crippen LogP contribution in [0.3, 0.4) is 0 Å². The Bertz CT molecular complexity index is 804. The second kappa shape index (κ2) is 7.92. The average molecular weight is 354 g/mol. The van der Waals surface area contributed by atoms with Crippen molar-refractivity contribution in [2.75, 3.05) is 0 Å². The van der Waals surface area contributed by atoms with Crippen molar-refractivity contribution in [2.45, 2.75) is 18.9 Å². The highest BCUT2D eigenvalue weighted by atomic mass is 32.1. The van der Waals surface area contributed by atoms with Gasteiger partial charge < -0.3 is 5.32 Å². The molecule has 1 fully saturated rings. The van der Waals surface area contributed by atoms with Crippen LogP contribution in [0.25, 0.3) is 17.7 Å². The summed E-state index contributed by atoms with van der Waals surface area (Å²) in [7, 11) is 0. The van der Waals surface area contributed by atoms with Gasteiger partial charge in [-0.05, 0) is 58.5 Å². The van der Waals surface area contributed by atoms with Crippen molar-refractivity contribution >= 4 is 40.9 Å². The van der Waals surface area contributed by atoms with E-state index in [9.17, 15) is 9.59 Å². The molecule has 1 aliphatic carbocycles. The smallest absolute Gasteiger partial charge is 0.267 e. The Morgan fingerprint density at radius 2 is 1.84 bits per heavy atom. The maximum absolute atomic E-state index is 12.5. The van der Waals surface area contributed by atoms with Crippen molar-refractivity contribution in [1.82, 2.24) is 10.8 Å². The number of thiophene rings is 1. The molecule has 0 spiro atoms. The Kier molecular flexibility index (Phi) is 5.42. The lowest BCUT2D eigenvalue weighted by Gasteiger charge is -2.07. The van der Waals surface area contributed by atoms with Crippen LogP contribution >= 0.6 is 11.3 Å². The largest absolute Gasteiger partial charge is 0.349 e. The first-order valence-electron chi connectivity index (χ1n) is 7.93. The molecule has 1 aromatic heterocycles. The van der Waals surface area contributed by atoms with Crippen LogP contribution in [0.1, 0.15) is 29.5 Å². The number of carbonyl (C=O) groups is 2. The number of nitrogens with one attached hydrogen (secondary N) is 2. The van der Waals surface area contributed by atoms with Gasteiger partial charge in [0.15, 0.2) is 0 Å². The number of hydrogen-bond donors (Lipinski definition) is 3. The van der Waals surface area contributed by atoms with Gasteiger partial charge in [0.25, 0.3) is 11.8 Å². The third kappa shape index (κ3) is 4.89. The minimum atomic E-state index is -0.583. The molecule has 5 nitrogen and oxygen atoms in total. The summed E-state index contributed by atoms with van der Waals surface area (Å²) in [6.07, 6.45) is 6.80. The molecule has 1 saturated carbocycles. The van der Waals surface area contributed by atoms with Gasteiger partial charge in [-0.25, -0.2) is 5.48 Å². The first-order valence-corrected chi connectivity index (χ1v) is 8.87. The van der Waals surface area contributed by atoms with Crippen LogP contribution in [0.2, 0.25) is 0 Å². The lowest BCUT2D eigenvalue weighted by Crippen LogP contribution is -2.26. The molecule has 1 heterocycles. The van der Waals surface area contributed by atoms with E-state index in [2.05, 4.69) is 5.32 Å². The Labute approximate surface area is 149 Å². The molecule has 0 saturated heterocycles. The molecule has 0 atom stereocenters. The van der Waals surface area contributed by atoms with Gasteiger partial charge in [-0.2, -0.15) is 11.3 Å². The maximum atomic E-state index is 12.5. The highest BCUT2D eigenvalue weighted by molar-refractivity contribution is 7.08. The van der Waals surface area contributed by atoms with Crippen LogP contribution in [0, 0.1) is 0 Å². The normalized spacial score (nSPS) is 14.5. The Morgan fingerprint density at radius 3 is 2.44 bits per heavy atom. The van der Waals surface area contributed by atoms with Crippen molar-refractivity contribution in [3.8, 4) is 0 Å². The quantitative estimate of drug-likeness (QED) is 0.424. The SMILES string of the molecule is O=C(/C=C/c1ccc(C=C(C(=O)NC2CC2)c2ccsc2)cc1)NO. The molecule has 2 amide bonds. The molecule has 1 aromatic carbocycles. The number of hydroxylamine groups is 1. The number of rotatable bonds is 6. The van der Waals surface area contributed by atoms with Gasteiger partial charge in [0.1, 0.15) is 0 Å². The first kappa shape index (κ1) is 17.1. The van der Waals surface area contributed by atoms with Crippen LogP contribution in [-0.2, 0) is 9.59 Å². The molecule has 3 N–H and O–H groups in total. The first-order chi connectivity index (χ1) is 12.2. The third-order valence-electron chi connectivity index (χ3n) is 3.77. The zero-order valence-electron chi connectivity index (χ0n) is 13.4. The molecular weight excluding hydrogens is 336 g/mol. The van der Waals surface area contributed by atoms with Crippen molar-refractivity contribution in [2.24, 2.45) is 0 Å². The predicted octanol–water partition coefficient (Wildman–Crippen LogP) is 3.09. The Hall–Kier alpha value is -2.70. The monoisotopic (exact) mass is 354 g/mol. The van der Waals surface area contributed by atoms with E-state index in [-0.39, 0.29) is 5.91 Å². The molecule has 2 aromatic rings. The predicted molar refractivity (Wildman–Crippen MR) is 98.8 cm³/mol. The molecule has 1 aliphatic rings. The van der Waals surface area contributed by atoms with Gasteiger partial charge in [-0.3, -0.25) is 14.8 Å². The van der Waals surface area contributed by atoms with Crippen LogP contribution in [-0.4, -0.2) is 23.1 Å². The van der Waals surface area contributed by atoms with E-state index in [1.165, 1.54) is 6.08 Å². The molecular formula is C19H18N2O3S. The Morgan fingerprint density at radius 1 is 1.12 bits per heavy atom. The zero-order valence-corrected chi connectivity index (χ0v) is 14.3. The van der Waals surface area contributed by atoms with Gasteiger partial charge in [0.05, 0.1) is 0 Å². The van der Waals surface area contributed by atoms with Crippen molar-refractivity contribution in [3.63, 3.8) is 0 Å². The topological polar surface area (TPSA) is 78.4 Å². The van der Waals surface area contributed by atoms with Crippen LogP contribution in [0.15, 0.2) is 47.2 Å². The Balaban J connectivity index is 1.80. The summed E-state index contributed by atoms with van der Waals surface area (Å²) in [6.45, 7) is 0. The van der Waals surface area contributed by atoms with Gasteiger partial charge >= 0.3 is 0 Å². The van der Waals surface area contributed by atoms with Crippen molar-refractivity contribution < 1.29 is 14.8 Å². The number of hydrogen-bond acceptors (Lipinski definition) is 4. The third-order valence-corrected chi connectivity index (χ3v) is 4.46. The van der Waals surface area contributed by atoms with E-state index in [1.807, 2.05) is 47.2 Å². The molecule has 6 heteroatoms. The molecule has 3 rings (SSSR count). The van der Waals surface area contributed by atoms with Crippen molar-refractivity contribution in [1.29, 1.82) is 0 Å². The second-order valence-corrected chi connectivity index (χ2v) is 6.57. The molecule has 0 unspecified atom stereocenters. The van der Waals surface area contributed by atoms with Crippen molar-refractivity contribution in [3.05, 3.63) is 63.9 Å². The summed E-state index contributed by atoms with van der Waals surface area (Å²) in [6, 6.07) is 9.70. The van der Waals surface area contributed by atoms with Gasteiger partial charge in [0, 0.05) is 17.7 Å². The summed E-state index contributed by atoms with van der Waals surface area (Å²) in [5.74, 6) is -0.634. The molecule has 0 bridgehead atoms. The van der Waals surface area contributed by atoms with Crippen LogP contribution in [0.4, 0.5) is 0 Å². The molecule has 25 heavy (non-hydrogen) atoms. The minimum Gasteiger partial charge on any atom is -0.349 e. The van der Waals surface area contributed by atoms with Crippen LogP contribution in [0.5, 0.6) is 0 Å². The highest BCUT2D eigenvalue weighted by Gasteiger charge is 2.25. The van der Waals surface area contributed by atoms with Crippen LogP contribution < -0.4 is 10.8 Å². The summed E-state index contributed by atoms with van der Waals surface area (Å²) in [5, 5.41) is 15.4. The summed E-state index contributed by atoms with van der Waals surface area (Å²) in [4.78, 5) is 23.5. The van der Waals surface area contributed by atoms with E-state index in [4.69, 9.17) is 5.21 Å². The lowest BCUT2D eigenvalue weighted by atomic mass is 10.0.